The summed E-state index contributed by atoms with van der Waals surface area (Å²) in [5.74, 6) is 0. The number of rotatable bonds is 2. The molecule has 0 aromatic carbocycles. The molecule has 1 unspecified atom stereocenters. The van der Waals surface area contributed by atoms with Crippen LogP contribution in [0, 0.1) is 21.4 Å². The molecule has 94 valence electrons. The molecular weight excluding hydrogens is 304 g/mol. The van der Waals surface area contributed by atoms with Crippen LogP contribution in [0.2, 0.25) is 0 Å². The summed E-state index contributed by atoms with van der Waals surface area (Å²) < 4.78 is 5.75. The average molecular weight is 313 g/mol. The lowest BCUT2D eigenvalue weighted by molar-refractivity contribution is -0.384. The maximum absolute atomic E-state index is 11.0. The summed E-state index contributed by atoms with van der Waals surface area (Å²) in [6.45, 7) is 1.17. The summed E-state index contributed by atoms with van der Waals surface area (Å²) in [5.41, 5.74) is 0.363. The minimum absolute atomic E-state index is 0.0806. The molecule has 1 saturated heterocycles. The van der Waals surface area contributed by atoms with Crippen molar-refractivity contribution < 1.29 is 9.66 Å². The third kappa shape index (κ3) is 2.42. The standard InChI is InChI=1S/C10H9BrN4O3/c11-8-4-13-5-9(15(16)17)10(8)14-1-2-18-7(3-12)6-14/h4-5,7H,1-2,6H2. The Labute approximate surface area is 111 Å². The van der Waals surface area contributed by atoms with Gasteiger partial charge >= 0.3 is 5.69 Å². The fourth-order valence-corrected chi connectivity index (χ4v) is 2.37. The Morgan fingerprint density at radius 2 is 2.44 bits per heavy atom. The van der Waals surface area contributed by atoms with Crippen molar-refractivity contribution in [2.45, 2.75) is 6.10 Å². The van der Waals surface area contributed by atoms with E-state index < -0.39 is 11.0 Å². The first kappa shape index (κ1) is 12.7. The third-order valence-electron chi connectivity index (χ3n) is 2.58. The first-order valence-electron chi connectivity index (χ1n) is 5.17. The van der Waals surface area contributed by atoms with Gasteiger partial charge in [0.1, 0.15) is 11.9 Å². The van der Waals surface area contributed by atoms with Gasteiger partial charge in [-0.3, -0.25) is 15.1 Å². The van der Waals surface area contributed by atoms with Gasteiger partial charge in [0.25, 0.3) is 0 Å². The number of hydrogen-bond donors (Lipinski definition) is 0. The Morgan fingerprint density at radius 3 is 3.11 bits per heavy atom. The molecule has 18 heavy (non-hydrogen) atoms. The number of nitrogens with zero attached hydrogens (tertiary/aromatic N) is 4. The molecule has 1 fully saturated rings. The summed E-state index contributed by atoms with van der Waals surface area (Å²) in [7, 11) is 0. The van der Waals surface area contributed by atoms with E-state index in [1.165, 1.54) is 12.4 Å². The van der Waals surface area contributed by atoms with Crippen LogP contribution >= 0.6 is 15.9 Å². The predicted octanol–water partition coefficient (Wildman–Crippen LogP) is 1.48. The van der Waals surface area contributed by atoms with Crippen LogP contribution in [0.4, 0.5) is 11.4 Å². The fourth-order valence-electron chi connectivity index (χ4n) is 1.80. The van der Waals surface area contributed by atoms with Crippen molar-refractivity contribution in [2.24, 2.45) is 0 Å². The van der Waals surface area contributed by atoms with Crippen LogP contribution in [0.1, 0.15) is 0 Å². The molecule has 0 aliphatic carbocycles. The molecule has 1 aromatic heterocycles. The van der Waals surface area contributed by atoms with Crippen LogP contribution in [0.5, 0.6) is 0 Å². The highest BCUT2D eigenvalue weighted by atomic mass is 79.9. The van der Waals surface area contributed by atoms with Crippen LogP contribution < -0.4 is 4.90 Å². The molecule has 1 aliphatic rings. The number of pyridine rings is 1. The van der Waals surface area contributed by atoms with Gasteiger partial charge in [-0.25, -0.2) is 0 Å². The lowest BCUT2D eigenvalue weighted by Crippen LogP contribution is -2.42. The first-order valence-corrected chi connectivity index (χ1v) is 5.97. The van der Waals surface area contributed by atoms with E-state index >= 15 is 0 Å². The topological polar surface area (TPSA) is 92.3 Å². The van der Waals surface area contributed by atoms with E-state index in [0.29, 0.717) is 29.9 Å². The number of aromatic nitrogens is 1. The molecule has 2 rings (SSSR count). The van der Waals surface area contributed by atoms with Gasteiger partial charge in [0.2, 0.25) is 0 Å². The number of hydrogen-bond acceptors (Lipinski definition) is 6. The summed E-state index contributed by atoms with van der Waals surface area (Å²) in [6.07, 6.45) is 2.13. The number of anilines is 1. The molecular formula is C10H9BrN4O3. The van der Waals surface area contributed by atoms with Crippen LogP contribution in [0.3, 0.4) is 0 Å². The second kappa shape index (κ2) is 5.29. The zero-order chi connectivity index (χ0) is 13.1. The first-order chi connectivity index (χ1) is 8.63. The molecule has 7 nitrogen and oxygen atoms in total. The van der Waals surface area contributed by atoms with Gasteiger partial charge in [-0.15, -0.1) is 0 Å². The van der Waals surface area contributed by atoms with Crippen LogP contribution in [-0.2, 0) is 4.74 Å². The van der Waals surface area contributed by atoms with Crippen molar-refractivity contribution in [3.8, 4) is 6.07 Å². The van der Waals surface area contributed by atoms with E-state index in [9.17, 15) is 10.1 Å². The quantitative estimate of drug-likeness (QED) is 0.606. The highest BCUT2D eigenvalue weighted by Gasteiger charge is 2.28. The average Bonchev–Trinajstić information content (AvgIpc) is 2.38. The summed E-state index contributed by atoms with van der Waals surface area (Å²) >= 11 is 3.26. The zero-order valence-electron chi connectivity index (χ0n) is 9.24. The van der Waals surface area contributed by atoms with Crippen molar-refractivity contribution in [3.05, 3.63) is 27.0 Å². The Balaban J connectivity index is 2.38. The maximum Gasteiger partial charge on any atom is 0.311 e. The Bertz CT molecular complexity index is 516. The van der Waals surface area contributed by atoms with Crippen LogP contribution in [0.25, 0.3) is 0 Å². The largest absolute Gasteiger partial charge is 0.360 e. The fraction of sp³-hybridized carbons (Fsp3) is 0.400. The minimum Gasteiger partial charge on any atom is -0.360 e. The normalized spacial score (nSPS) is 19.3. The number of nitro groups is 1. The predicted molar refractivity (Wildman–Crippen MR) is 66.2 cm³/mol. The summed E-state index contributed by atoms with van der Waals surface area (Å²) in [6, 6.07) is 2.01. The van der Waals surface area contributed by atoms with Gasteiger partial charge in [0.15, 0.2) is 6.10 Å². The van der Waals surface area contributed by atoms with Crippen molar-refractivity contribution in [3.63, 3.8) is 0 Å². The molecule has 0 N–H and O–H groups in total. The van der Waals surface area contributed by atoms with Crippen molar-refractivity contribution in [1.29, 1.82) is 5.26 Å². The second-order valence-electron chi connectivity index (χ2n) is 3.68. The maximum atomic E-state index is 11.0. The number of ether oxygens (including phenoxy) is 1. The van der Waals surface area contributed by atoms with Gasteiger partial charge < -0.3 is 9.64 Å². The number of halogens is 1. The SMILES string of the molecule is N#CC1CN(c2c(Br)cncc2[N+](=O)[O-])CCO1. The molecule has 8 heteroatoms. The van der Waals surface area contributed by atoms with E-state index in [4.69, 9.17) is 10.00 Å². The Morgan fingerprint density at radius 1 is 1.67 bits per heavy atom. The molecule has 0 radical (unpaired) electrons. The summed E-state index contributed by atoms with van der Waals surface area (Å²) in [5, 5.41) is 19.8. The Hall–Kier alpha value is -1.72. The Kier molecular flexibility index (Phi) is 3.74. The molecule has 1 aromatic rings. The van der Waals surface area contributed by atoms with Crippen molar-refractivity contribution in [2.75, 3.05) is 24.6 Å². The van der Waals surface area contributed by atoms with Crippen molar-refractivity contribution >= 4 is 27.3 Å². The minimum atomic E-state index is -0.571. The third-order valence-corrected chi connectivity index (χ3v) is 3.16. The highest BCUT2D eigenvalue weighted by molar-refractivity contribution is 9.10. The van der Waals surface area contributed by atoms with Gasteiger partial charge in [0, 0.05) is 12.7 Å². The van der Waals surface area contributed by atoms with Crippen molar-refractivity contribution in [1.82, 2.24) is 4.98 Å². The lowest BCUT2D eigenvalue weighted by atomic mass is 10.2. The molecule has 1 atom stereocenters. The zero-order valence-corrected chi connectivity index (χ0v) is 10.8. The van der Waals surface area contributed by atoms with Crippen LogP contribution in [-0.4, -0.2) is 35.7 Å². The smallest absolute Gasteiger partial charge is 0.311 e. The molecule has 0 saturated carbocycles. The monoisotopic (exact) mass is 312 g/mol. The van der Waals surface area contributed by atoms with E-state index in [1.54, 1.807) is 4.90 Å². The lowest BCUT2D eigenvalue weighted by Gasteiger charge is -2.31. The van der Waals surface area contributed by atoms with Gasteiger partial charge in [0.05, 0.1) is 28.6 Å². The van der Waals surface area contributed by atoms with E-state index in [0.717, 1.165) is 0 Å². The highest BCUT2D eigenvalue weighted by Crippen LogP contribution is 2.35. The van der Waals surface area contributed by atoms with Gasteiger partial charge in [-0.2, -0.15) is 5.26 Å². The van der Waals surface area contributed by atoms with E-state index in [2.05, 4.69) is 20.9 Å². The van der Waals surface area contributed by atoms with Gasteiger partial charge in [-0.05, 0) is 15.9 Å². The molecule has 2 heterocycles. The number of nitriles is 1. The van der Waals surface area contributed by atoms with Gasteiger partial charge in [-0.1, -0.05) is 0 Å². The molecule has 0 spiro atoms. The van der Waals surface area contributed by atoms with E-state index in [1.807, 2.05) is 6.07 Å². The van der Waals surface area contributed by atoms with E-state index in [-0.39, 0.29) is 5.69 Å². The molecule has 1 aliphatic heterocycles. The van der Waals surface area contributed by atoms with Crippen LogP contribution in [0.15, 0.2) is 16.9 Å². The second-order valence-corrected chi connectivity index (χ2v) is 4.54. The molecule has 0 amide bonds. The molecule has 0 bridgehead atoms. The number of morpholine rings is 1. The summed E-state index contributed by atoms with van der Waals surface area (Å²) in [4.78, 5) is 16.1.